The number of anilines is 1. The molecule has 33 heavy (non-hydrogen) atoms. The van der Waals surface area contributed by atoms with Crippen LogP contribution in [0, 0.1) is 0 Å². The lowest BCUT2D eigenvalue weighted by Gasteiger charge is -2.26. The second-order valence-corrected chi connectivity index (χ2v) is 11.6. The Morgan fingerprint density at radius 3 is 2.36 bits per heavy atom. The van der Waals surface area contributed by atoms with E-state index in [1.54, 1.807) is 47.8 Å². The second-order valence-electron chi connectivity index (χ2n) is 8.11. The molecule has 0 bridgehead atoms. The van der Waals surface area contributed by atoms with Crippen molar-refractivity contribution in [3.05, 3.63) is 82.2 Å². The van der Waals surface area contributed by atoms with E-state index in [1.807, 2.05) is 12.1 Å². The summed E-state index contributed by atoms with van der Waals surface area (Å²) < 4.78 is 28.3. The van der Waals surface area contributed by atoms with Gasteiger partial charge in [0.1, 0.15) is 10.3 Å². The van der Waals surface area contributed by atoms with Gasteiger partial charge < -0.3 is 0 Å². The zero-order valence-corrected chi connectivity index (χ0v) is 20.5. The normalized spacial score (nSPS) is 16.9. The lowest BCUT2D eigenvalue weighted by atomic mass is 10.0. The minimum Gasteiger partial charge on any atom is -0.274 e. The number of thiophene rings is 1. The van der Waals surface area contributed by atoms with E-state index in [0.29, 0.717) is 22.2 Å². The summed E-state index contributed by atoms with van der Waals surface area (Å²) in [5.74, 6) is -0.698. The molecule has 9 heteroatoms. The Kier molecular flexibility index (Phi) is 6.72. The molecule has 1 aliphatic heterocycles. The Hall–Kier alpha value is -2.52. The Morgan fingerprint density at radius 1 is 1.06 bits per heavy atom. The molecule has 1 unspecified atom stereocenters. The second kappa shape index (κ2) is 9.38. The van der Waals surface area contributed by atoms with Crippen molar-refractivity contribution in [2.24, 2.45) is 0 Å². The number of halogens is 1. The van der Waals surface area contributed by atoms with Gasteiger partial charge in [0.05, 0.1) is 12.1 Å². The summed E-state index contributed by atoms with van der Waals surface area (Å²) in [4.78, 5) is 27.4. The first-order valence-corrected chi connectivity index (χ1v) is 13.2. The highest BCUT2D eigenvalue weighted by molar-refractivity contribution is 7.91. The van der Waals surface area contributed by atoms with Crippen LogP contribution in [0.15, 0.2) is 70.3 Å². The number of benzene rings is 2. The van der Waals surface area contributed by atoms with Crippen LogP contribution in [0.5, 0.6) is 0 Å². The van der Waals surface area contributed by atoms with Crippen molar-refractivity contribution in [3.8, 4) is 0 Å². The maximum atomic E-state index is 13.5. The predicted octanol–water partition coefficient (Wildman–Crippen LogP) is 5.05. The number of carbonyl (C=O) groups is 2. The minimum absolute atomic E-state index is 0.106. The molecule has 0 radical (unpaired) electrons. The van der Waals surface area contributed by atoms with E-state index in [0.717, 1.165) is 26.1 Å². The summed E-state index contributed by atoms with van der Waals surface area (Å²) in [6, 6.07) is 16.0. The van der Waals surface area contributed by atoms with Gasteiger partial charge in [0.2, 0.25) is 5.91 Å². The zero-order chi connectivity index (χ0) is 23.8. The molecular formula is C24H23ClN2O4S2. The molecule has 172 valence electrons. The number of sulfonamides is 1. The average molecular weight is 503 g/mol. The fourth-order valence-corrected chi connectivity index (χ4v) is 6.68. The van der Waals surface area contributed by atoms with E-state index in [1.165, 1.54) is 6.07 Å². The molecule has 0 N–H and O–H groups in total. The van der Waals surface area contributed by atoms with Gasteiger partial charge in [-0.1, -0.05) is 61.8 Å². The number of nitrogens with zero attached hydrogens (tertiary/aromatic N) is 2. The Bertz CT molecular complexity index is 1270. The molecule has 3 aromatic rings. The van der Waals surface area contributed by atoms with Crippen LogP contribution in [0.25, 0.3) is 0 Å². The number of amides is 2. The van der Waals surface area contributed by atoms with Crippen molar-refractivity contribution in [1.29, 1.82) is 0 Å². The van der Waals surface area contributed by atoms with Gasteiger partial charge in [-0.2, -0.15) is 4.31 Å². The molecule has 1 fully saturated rings. The first kappa shape index (κ1) is 23.6. The van der Waals surface area contributed by atoms with Gasteiger partial charge in [-0.3, -0.25) is 9.59 Å². The van der Waals surface area contributed by atoms with E-state index >= 15 is 0 Å². The van der Waals surface area contributed by atoms with E-state index in [4.69, 9.17) is 11.6 Å². The van der Waals surface area contributed by atoms with Crippen molar-refractivity contribution in [1.82, 2.24) is 4.31 Å². The summed E-state index contributed by atoms with van der Waals surface area (Å²) in [7, 11) is -4.04. The molecule has 1 aliphatic rings. The molecular weight excluding hydrogens is 480 g/mol. The van der Waals surface area contributed by atoms with Crippen LogP contribution < -0.4 is 4.90 Å². The van der Waals surface area contributed by atoms with Crippen molar-refractivity contribution < 1.29 is 18.0 Å². The molecule has 2 aromatic carbocycles. The van der Waals surface area contributed by atoms with E-state index < -0.39 is 27.9 Å². The van der Waals surface area contributed by atoms with Crippen LogP contribution >= 0.6 is 22.9 Å². The van der Waals surface area contributed by atoms with Gasteiger partial charge in [-0.25, -0.2) is 13.3 Å². The Balaban J connectivity index is 1.72. The SMILES string of the molecule is CC(C)c1ccc(N2C(=O)CC(N(Cc3ccccc3Cl)S(=O)(=O)c3cccs3)C2=O)cc1. The van der Waals surface area contributed by atoms with Crippen molar-refractivity contribution in [2.45, 2.75) is 43.0 Å². The zero-order valence-electron chi connectivity index (χ0n) is 18.1. The molecule has 0 spiro atoms. The van der Waals surface area contributed by atoms with Crippen LogP contribution in [-0.4, -0.2) is 30.6 Å². The van der Waals surface area contributed by atoms with Crippen LogP contribution in [0.3, 0.4) is 0 Å². The van der Waals surface area contributed by atoms with E-state index in [9.17, 15) is 18.0 Å². The fraction of sp³-hybridized carbons (Fsp3) is 0.250. The van der Waals surface area contributed by atoms with Gasteiger partial charge in [-0.15, -0.1) is 11.3 Å². The summed E-state index contributed by atoms with van der Waals surface area (Å²) in [6.45, 7) is 3.99. The standard InChI is InChI=1S/C24H23ClN2O4S2/c1-16(2)17-9-11-19(12-10-17)27-22(28)14-21(24(27)29)26(15-18-6-3-4-7-20(18)25)33(30,31)23-8-5-13-32-23/h3-13,16,21H,14-15H2,1-2H3. The molecule has 0 saturated carbocycles. The summed E-state index contributed by atoms with van der Waals surface area (Å²) in [5, 5.41) is 2.05. The maximum absolute atomic E-state index is 13.5. The predicted molar refractivity (Wildman–Crippen MR) is 130 cm³/mol. The number of rotatable bonds is 7. The van der Waals surface area contributed by atoms with Crippen molar-refractivity contribution >= 4 is 50.5 Å². The maximum Gasteiger partial charge on any atom is 0.253 e. The quantitative estimate of drug-likeness (QED) is 0.424. The van der Waals surface area contributed by atoms with E-state index in [-0.39, 0.29) is 17.2 Å². The third-order valence-electron chi connectivity index (χ3n) is 5.63. The molecule has 2 heterocycles. The number of carbonyl (C=O) groups excluding carboxylic acids is 2. The minimum atomic E-state index is -4.04. The van der Waals surface area contributed by atoms with Gasteiger partial charge in [-0.05, 0) is 46.7 Å². The molecule has 4 rings (SSSR count). The average Bonchev–Trinajstić information content (AvgIpc) is 3.42. The smallest absolute Gasteiger partial charge is 0.253 e. The molecule has 1 aromatic heterocycles. The van der Waals surface area contributed by atoms with Gasteiger partial charge in [0, 0.05) is 11.6 Å². The first-order valence-electron chi connectivity index (χ1n) is 10.5. The fourth-order valence-electron chi connectivity index (χ4n) is 3.80. The lowest BCUT2D eigenvalue weighted by Crippen LogP contribution is -2.44. The van der Waals surface area contributed by atoms with Gasteiger partial charge in [0.25, 0.3) is 15.9 Å². The number of hydrogen-bond acceptors (Lipinski definition) is 5. The summed E-state index contributed by atoms with van der Waals surface area (Å²) in [5.41, 5.74) is 2.07. The van der Waals surface area contributed by atoms with Crippen LogP contribution in [0.4, 0.5) is 5.69 Å². The number of imide groups is 1. The third kappa shape index (κ3) is 4.61. The summed E-state index contributed by atoms with van der Waals surface area (Å²) in [6.07, 6.45) is -0.236. The Morgan fingerprint density at radius 2 is 1.76 bits per heavy atom. The molecule has 1 saturated heterocycles. The molecule has 0 aliphatic carbocycles. The van der Waals surface area contributed by atoms with E-state index in [2.05, 4.69) is 13.8 Å². The van der Waals surface area contributed by atoms with Crippen molar-refractivity contribution in [2.75, 3.05) is 4.90 Å². The monoisotopic (exact) mass is 502 g/mol. The van der Waals surface area contributed by atoms with Gasteiger partial charge in [0.15, 0.2) is 0 Å². The first-order chi connectivity index (χ1) is 15.7. The highest BCUT2D eigenvalue weighted by Gasteiger charge is 2.47. The highest BCUT2D eigenvalue weighted by atomic mass is 35.5. The number of hydrogen-bond donors (Lipinski definition) is 0. The summed E-state index contributed by atoms with van der Waals surface area (Å²) >= 11 is 7.36. The van der Waals surface area contributed by atoms with Crippen LogP contribution in [0.1, 0.15) is 37.3 Å². The lowest BCUT2D eigenvalue weighted by molar-refractivity contribution is -0.122. The van der Waals surface area contributed by atoms with Gasteiger partial charge >= 0.3 is 0 Å². The molecule has 6 nitrogen and oxygen atoms in total. The highest BCUT2D eigenvalue weighted by Crippen LogP contribution is 2.33. The van der Waals surface area contributed by atoms with Crippen LogP contribution in [-0.2, 0) is 26.2 Å². The topological polar surface area (TPSA) is 74.8 Å². The van der Waals surface area contributed by atoms with Crippen LogP contribution in [0.2, 0.25) is 5.02 Å². The Labute approximate surface area is 202 Å². The largest absolute Gasteiger partial charge is 0.274 e. The molecule has 1 atom stereocenters. The molecule has 2 amide bonds. The third-order valence-corrected chi connectivity index (χ3v) is 9.23. The van der Waals surface area contributed by atoms with Crippen molar-refractivity contribution in [3.63, 3.8) is 0 Å².